The Morgan fingerprint density at radius 2 is 1.12 bits per heavy atom. The fourth-order valence-corrected chi connectivity index (χ4v) is 12.5. The van der Waals surface area contributed by atoms with Crippen molar-refractivity contribution in [2.45, 2.75) is 51.6 Å². The third kappa shape index (κ3) is 12.4. The Morgan fingerprint density at radius 1 is 0.615 bits per heavy atom. The van der Waals surface area contributed by atoms with Crippen LogP contribution in [0.15, 0.2) is 134 Å². The van der Waals surface area contributed by atoms with Gasteiger partial charge in [0.1, 0.15) is 37.8 Å². The molecule has 0 atom stereocenters. The van der Waals surface area contributed by atoms with Crippen molar-refractivity contribution in [3.8, 4) is 32.6 Å². The van der Waals surface area contributed by atoms with Gasteiger partial charge < -0.3 is 35.0 Å². The number of thioether (sulfide) groups is 1. The minimum Gasteiger partial charge on any atom is -0.494 e. The van der Waals surface area contributed by atoms with E-state index in [1.807, 2.05) is 60.7 Å². The molecule has 3 heterocycles. The summed E-state index contributed by atoms with van der Waals surface area (Å²) in [4.78, 5) is 28.1. The number of aromatic nitrogens is 5. The Balaban J connectivity index is 1.05. The largest absolute Gasteiger partial charge is 0.494 e. The van der Waals surface area contributed by atoms with Crippen LogP contribution < -0.4 is 29.9 Å². The van der Waals surface area contributed by atoms with Crippen LogP contribution in [-0.4, -0.2) is 95.8 Å². The van der Waals surface area contributed by atoms with Crippen molar-refractivity contribution in [2.24, 2.45) is 20.5 Å². The van der Waals surface area contributed by atoms with Crippen molar-refractivity contribution in [2.75, 3.05) is 73.2 Å². The van der Waals surface area contributed by atoms with E-state index < -0.39 is 10.1 Å². The lowest BCUT2D eigenvalue weighted by Gasteiger charge is -2.25. The quantitative estimate of drug-likeness (QED) is 0.0280. The summed E-state index contributed by atoms with van der Waals surface area (Å²) in [5.41, 5.74) is 9.49. The molecule has 78 heavy (non-hydrogen) atoms. The van der Waals surface area contributed by atoms with Gasteiger partial charge in [-0.25, -0.2) is 9.97 Å². The third-order valence-corrected chi connectivity index (χ3v) is 16.7. The molecular formula is C55H57N13O6S4. The standard InChI is InChI=1S/C55H57N13O6S4/c1-9-67(10-2)44-28-40(42(30-46(44)73-7)65-63-36-19-15-34(16-20-36)51-56-38-23-13-32(5)27-48(38)76-51)58-53-60-54(62-55(61-53)75-26-25-69)59-41-29-45(68(11-3)12-4)47(74-8)31-43(41)66-64-37-21-17-35(18-22-37)52-57-39-24-14-33(6)50(49(39)77-52)78(70,71)72/h13-24,27-31,69H,9-12,25-26H2,1-8H3,(H,70,71,72)(H2,58,59,60,61,62)/b65-63+,66-64+. The van der Waals surface area contributed by atoms with Crippen LogP contribution in [0.3, 0.4) is 0 Å². The fourth-order valence-electron chi connectivity index (χ4n) is 8.57. The highest BCUT2D eigenvalue weighted by molar-refractivity contribution is 7.99. The van der Waals surface area contributed by atoms with Crippen molar-refractivity contribution in [1.82, 2.24) is 24.9 Å². The monoisotopic (exact) mass is 1120 g/mol. The average molecular weight is 1120 g/mol. The first-order valence-electron chi connectivity index (χ1n) is 25.0. The summed E-state index contributed by atoms with van der Waals surface area (Å²) in [5, 5.41) is 37.3. The molecule has 402 valence electrons. The molecule has 0 aliphatic rings. The molecule has 9 aromatic rings. The first-order valence-corrected chi connectivity index (χ1v) is 29.1. The summed E-state index contributed by atoms with van der Waals surface area (Å²) in [6.07, 6.45) is 0. The van der Waals surface area contributed by atoms with Crippen LogP contribution in [0.4, 0.5) is 57.4 Å². The molecule has 0 radical (unpaired) electrons. The van der Waals surface area contributed by atoms with Crippen LogP contribution >= 0.6 is 34.4 Å². The van der Waals surface area contributed by atoms with Gasteiger partial charge in [-0.3, -0.25) is 4.55 Å². The number of anilines is 6. The number of nitrogens with one attached hydrogen (secondary N) is 2. The lowest BCUT2D eigenvalue weighted by Crippen LogP contribution is -2.22. The second kappa shape index (κ2) is 24.3. The number of benzene rings is 6. The Hall–Kier alpha value is -7.67. The molecule has 0 saturated carbocycles. The van der Waals surface area contributed by atoms with Crippen LogP contribution in [0.5, 0.6) is 11.5 Å². The van der Waals surface area contributed by atoms with Crippen molar-refractivity contribution in [1.29, 1.82) is 0 Å². The highest BCUT2D eigenvalue weighted by atomic mass is 32.2. The topological polar surface area (TPSA) is 237 Å². The lowest BCUT2D eigenvalue weighted by atomic mass is 10.2. The van der Waals surface area contributed by atoms with Gasteiger partial charge in [-0.2, -0.15) is 33.6 Å². The number of ether oxygens (including phenoxy) is 2. The summed E-state index contributed by atoms with van der Waals surface area (Å²) in [6.45, 7) is 14.7. The molecule has 6 aromatic carbocycles. The number of hydrogen-bond acceptors (Lipinski definition) is 21. The second-order valence-corrected chi connectivity index (χ2v) is 22.0. The zero-order valence-corrected chi connectivity index (χ0v) is 47.4. The first-order chi connectivity index (χ1) is 37.7. The van der Waals surface area contributed by atoms with Crippen molar-refractivity contribution in [3.63, 3.8) is 0 Å². The molecule has 0 unspecified atom stereocenters. The van der Waals surface area contributed by atoms with Crippen LogP contribution in [0.2, 0.25) is 0 Å². The summed E-state index contributed by atoms with van der Waals surface area (Å²) >= 11 is 4.09. The third-order valence-electron chi connectivity index (χ3n) is 12.5. The number of nitrogens with zero attached hydrogens (tertiary/aromatic N) is 11. The maximum Gasteiger partial charge on any atom is 0.296 e. The van der Waals surface area contributed by atoms with Gasteiger partial charge in [0.25, 0.3) is 10.1 Å². The second-order valence-electron chi connectivity index (χ2n) is 17.6. The number of aliphatic hydroxyl groups is 1. The smallest absolute Gasteiger partial charge is 0.296 e. The number of fused-ring (bicyclic) bond motifs is 2. The Morgan fingerprint density at radius 3 is 1.60 bits per heavy atom. The van der Waals surface area contributed by atoms with E-state index in [2.05, 4.69) is 82.4 Å². The van der Waals surface area contributed by atoms with E-state index in [0.29, 0.717) is 103 Å². The van der Waals surface area contributed by atoms with E-state index >= 15 is 0 Å². The molecule has 3 aromatic heterocycles. The number of thiazole rings is 2. The van der Waals surface area contributed by atoms with Crippen LogP contribution in [-0.2, 0) is 10.1 Å². The van der Waals surface area contributed by atoms with E-state index in [1.54, 1.807) is 62.8 Å². The summed E-state index contributed by atoms with van der Waals surface area (Å²) in [6, 6.07) is 32.1. The molecule has 19 nitrogen and oxygen atoms in total. The van der Waals surface area contributed by atoms with Crippen molar-refractivity contribution in [3.05, 3.63) is 114 Å². The average Bonchev–Trinajstić information content (AvgIpc) is 4.10. The molecule has 0 fully saturated rings. The van der Waals surface area contributed by atoms with E-state index in [0.717, 1.165) is 37.7 Å². The van der Waals surface area contributed by atoms with Gasteiger partial charge in [0.2, 0.25) is 11.9 Å². The normalized spacial score (nSPS) is 11.8. The van der Waals surface area contributed by atoms with Crippen LogP contribution in [0, 0.1) is 13.8 Å². The van der Waals surface area contributed by atoms with Crippen molar-refractivity contribution < 1.29 is 27.6 Å². The molecule has 0 spiro atoms. The minimum atomic E-state index is -4.47. The van der Waals surface area contributed by atoms with Gasteiger partial charge in [0.15, 0.2) is 5.16 Å². The highest BCUT2D eigenvalue weighted by Crippen LogP contribution is 2.44. The fraction of sp³-hybridized carbons (Fsp3) is 0.255. The number of aryl methyl sites for hydroxylation is 2. The summed E-state index contributed by atoms with van der Waals surface area (Å²) in [7, 11) is -1.24. The highest BCUT2D eigenvalue weighted by Gasteiger charge is 2.23. The number of rotatable bonds is 22. The molecule has 0 amide bonds. The number of aliphatic hydroxyl groups excluding tert-OH is 1. The SMILES string of the molecule is CCN(CC)c1cc(Nc2nc(Nc3cc(N(CC)CC)c(OC)cc3/N=N/c3ccc(-c4nc5ccc(C)c(S(=O)(=O)O)c5s4)cc3)nc(SCCO)n2)c(/N=N/c2ccc(-c3nc4ccc(C)cc4s3)cc2)cc1OC. The molecule has 0 bridgehead atoms. The van der Waals surface area contributed by atoms with E-state index in [4.69, 9.17) is 39.6 Å². The van der Waals surface area contributed by atoms with Gasteiger partial charge in [0.05, 0.1) is 75.4 Å². The molecule has 4 N–H and O–H groups in total. The van der Waals surface area contributed by atoms with Crippen LogP contribution in [0.1, 0.15) is 38.8 Å². The molecular weight excluding hydrogens is 1070 g/mol. The van der Waals surface area contributed by atoms with Crippen molar-refractivity contribution >= 4 is 122 Å². The Kier molecular flexibility index (Phi) is 17.2. The summed E-state index contributed by atoms with van der Waals surface area (Å²) < 4.78 is 47.9. The Labute approximate surface area is 464 Å². The van der Waals surface area contributed by atoms with Crippen LogP contribution in [0.25, 0.3) is 41.6 Å². The molecule has 23 heteroatoms. The molecule has 0 aliphatic heterocycles. The lowest BCUT2D eigenvalue weighted by molar-refractivity contribution is 0.322. The number of methoxy groups -OCH3 is 2. The van der Waals surface area contributed by atoms with E-state index in [1.165, 1.54) is 28.7 Å². The number of hydrogen-bond donors (Lipinski definition) is 4. The predicted octanol–water partition coefficient (Wildman–Crippen LogP) is 14.4. The summed E-state index contributed by atoms with van der Waals surface area (Å²) in [5.74, 6) is 1.87. The van der Waals surface area contributed by atoms with Gasteiger partial charge in [-0.05, 0) is 132 Å². The maximum atomic E-state index is 12.3. The predicted molar refractivity (Wildman–Crippen MR) is 315 cm³/mol. The number of azo groups is 2. The molecule has 0 aliphatic carbocycles. The van der Waals surface area contributed by atoms with Gasteiger partial charge in [-0.1, -0.05) is 23.9 Å². The van der Waals surface area contributed by atoms with E-state index in [-0.39, 0.29) is 23.4 Å². The van der Waals surface area contributed by atoms with Gasteiger partial charge >= 0.3 is 0 Å². The first kappa shape index (κ1) is 55.1. The Bertz CT molecular complexity index is 3790. The molecule has 0 saturated heterocycles. The maximum absolute atomic E-state index is 12.3. The van der Waals surface area contributed by atoms with Gasteiger partial charge in [0, 0.05) is 55.2 Å². The zero-order chi connectivity index (χ0) is 55.1. The van der Waals surface area contributed by atoms with E-state index in [9.17, 15) is 18.1 Å². The van der Waals surface area contributed by atoms with Gasteiger partial charge in [-0.15, -0.1) is 32.9 Å². The molecule has 9 rings (SSSR count). The minimum absolute atomic E-state index is 0.105. The zero-order valence-electron chi connectivity index (χ0n) is 44.1.